The van der Waals surface area contributed by atoms with Crippen LogP contribution < -0.4 is 16.4 Å². The van der Waals surface area contributed by atoms with Gasteiger partial charge in [0.2, 0.25) is 5.91 Å². The number of nitrogens with one attached hydrogen (secondary N) is 2. The molecule has 1 atom stereocenters. The fourth-order valence-electron chi connectivity index (χ4n) is 1.60. The molecule has 1 aromatic carbocycles. The molecule has 0 radical (unpaired) electrons. The maximum Gasteiger partial charge on any atom is 0.242 e. The Morgan fingerprint density at radius 3 is 2.60 bits per heavy atom. The van der Waals surface area contributed by atoms with Gasteiger partial charge >= 0.3 is 0 Å². The normalized spacial score (nSPS) is 12.1. The van der Waals surface area contributed by atoms with Crippen LogP contribution in [-0.2, 0) is 4.79 Å². The molecule has 4 N–H and O–H groups in total. The highest BCUT2D eigenvalue weighted by molar-refractivity contribution is 7.80. The molecular weight excluding hydrogens is 294 g/mol. The van der Waals surface area contributed by atoms with Gasteiger partial charge in [0, 0.05) is 22.8 Å². The Labute approximate surface area is 130 Å². The van der Waals surface area contributed by atoms with Gasteiger partial charge in [0.25, 0.3) is 0 Å². The molecule has 0 aromatic heterocycles. The first-order valence-corrected chi connectivity index (χ1v) is 7.23. The van der Waals surface area contributed by atoms with Gasteiger partial charge in [-0.25, -0.2) is 0 Å². The van der Waals surface area contributed by atoms with E-state index in [2.05, 4.69) is 10.6 Å². The van der Waals surface area contributed by atoms with Crippen LogP contribution in [-0.4, -0.2) is 23.5 Å². The molecule has 1 rings (SSSR count). The number of halogens is 1. The van der Waals surface area contributed by atoms with Crippen LogP contribution in [0.3, 0.4) is 0 Å². The van der Waals surface area contributed by atoms with E-state index in [0.717, 1.165) is 0 Å². The van der Waals surface area contributed by atoms with Crippen molar-refractivity contribution in [3.8, 4) is 0 Å². The molecule has 1 aromatic rings. The molecule has 6 heteroatoms. The van der Waals surface area contributed by atoms with Crippen LogP contribution >= 0.6 is 23.8 Å². The van der Waals surface area contributed by atoms with E-state index in [1.54, 1.807) is 25.1 Å². The average molecular weight is 314 g/mol. The van der Waals surface area contributed by atoms with Crippen molar-refractivity contribution in [2.24, 2.45) is 11.7 Å². The summed E-state index contributed by atoms with van der Waals surface area (Å²) in [5.41, 5.74) is 7.00. The molecule has 0 aliphatic rings. The second kappa shape index (κ2) is 7.45. The summed E-state index contributed by atoms with van der Waals surface area (Å²) in [5, 5.41) is 6.53. The second-order valence-corrected chi connectivity index (χ2v) is 5.94. The minimum atomic E-state index is -0.386. The maximum atomic E-state index is 11.9. The number of nitrogens with two attached hydrogens (primary N) is 1. The Hall–Kier alpha value is -1.33. The first-order chi connectivity index (χ1) is 9.31. The van der Waals surface area contributed by atoms with E-state index in [-0.39, 0.29) is 16.9 Å². The number of hydrogen-bond acceptors (Lipinski definition) is 3. The monoisotopic (exact) mass is 313 g/mol. The summed E-state index contributed by atoms with van der Waals surface area (Å²) < 4.78 is 0. The van der Waals surface area contributed by atoms with Gasteiger partial charge in [0.1, 0.15) is 11.0 Å². The van der Waals surface area contributed by atoms with Gasteiger partial charge in [-0.2, -0.15) is 0 Å². The Bertz CT molecular complexity index is 505. The van der Waals surface area contributed by atoms with Crippen LogP contribution in [0, 0.1) is 5.92 Å². The molecule has 0 fully saturated rings. The van der Waals surface area contributed by atoms with Crippen LogP contribution in [0.5, 0.6) is 0 Å². The van der Waals surface area contributed by atoms with Crippen molar-refractivity contribution in [2.45, 2.75) is 26.8 Å². The summed E-state index contributed by atoms with van der Waals surface area (Å²) >= 11 is 10.9. The van der Waals surface area contributed by atoms with Gasteiger partial charge in [-0.1, -0.05) is 37.7 Å². The van der Waals surface area contributed by atoms with E-state index in [1.165, 1.54) is 0 Å². The summed E-state index contributed by atoms with van der Waals surface area (Å²) in [5.74, 6) is 0.344. The smallest absolute Gasteiger partial charge is 0.242 e. The highest BCUT2D eigenvalue weighted by Crippen LogP contribution is 2.21. The van der Waals surface area contributed by atoms with Crippen LogP contribution in [0.2, 0.25) is 5.02 Å². The van der Waals surface area contributed by atoms with E-state index < -0.39 is 0 Å². The minimum absolute atomic E-state index is 0.0671. The third-order valence-electron chi connectivity index (χ3n) is 2.70. The van der Waals surface area contributed by atoms with E-state index >= 15 is 0 Å². The highest BCUT2D eigenvalue weighted by Gasteiger charge is 2.15. The largest absolute Gasteiger partial charge is 0.389 e. The van der Waals surface area contributed by atoms with Crippen LogP contribution in [0.1, 0.15) is 26.3 Å². The number of hydrogen-bond donors (Lipinski definition) is 3. The van der Waals surface area contributed by atoms with Gasteiger partial charge in [-0.05, 0) is 31.0 Å². The topological polar surface area (TPSA) is 67.2 Å². The Balaban J connectivity index is 2.77. The van der Waals surface area contributed by atoms with E-state index in [0.29, 0.717) is 28.7 Å². The molecule has 1 amide bonds. The molecular formula is C14H20ClN3OS. The number of anilines is 1. The quantitative estimate of drug-likeness (QED) is 0.706. The molecule has 0 spiro atoms. The first kappa shape index (κ1) is 16.7. The molecule has 0 heterocycles. The SMILES string of the molecule is CC(C)CNC(=O)C(C)Nc1ccc(Cl)cc1C(N)=S. The molecule has 0 aliphatic carbocycles. The summed E-state index contributed by atoms with van der Waals surface area (Å²) in [6.07, 6.45) is 0. The van der Waals surface area contributed by atoms with Gasteiger partial charge in [0.05, 0.1) is 0 Å². The third kappa shape index (κ3) is 4.98. The summed E-state index contributed by atoms with van der Waals surface area (Å²) in [6, 6.07) is 4.79. The number of benzene rings is 1. The van der Waals surface area contributed by atoms with Crippen molar-refractivity contribution in [3.05, 3.63) is 28.8 Å². The van der Waals surface area contributed by atoms with E-state index in [9.17, 15) is 4.79 Å². The molecule has 1 unspecified atom stereocenters. The van der Waals surface area contributed by atoms with Crippen molar-refractivity contribution < 1.29 is 4.79 Å². The Morgan fingerprint density at radius 1 is 1.40 bits per heavy atom. The molecule has 0 bridgehead atoms. The summed E-state index contributed by atoms with van der Waals surface area (Å²) in [4.78, 5) is 12.2. The number of carbonyl (C=O) groups is 1. The maximum absolute atomic E-state index is 11.9. The molecule has 0 aliphatic heterocycles. The summed E-state index contributed by atoms with van der Waals surface area (Å²) in [6.45, 7) is 6.52. The lowest BCUT2D eigenvalue weighted by Crippen LogP contribution is -2.39. The lowest BCUT2D eigenvalue weighted by Gasteiger charge is -2.18. The number of thiocarbonyl (C=S) groups is 1. The molecule has 20 heavy (non-hydrogen) atoms. The van der Waals surface area contributed by atoms with Gasteiger partial charge in [-0.3, -0.25) is 4.79 Å². The second-order valence-electron chi connectivity index (χ2n) is 5.06. The lowest BCUT2D eigenvalue weighted by atomic mass is 10.1. The van der Waals surface area contributed by atoms with Gasteiger partial charge in [-0.15, -0.1) is 0 Å². The van der Waals surface area contributed by atoms with Gasteiger partial charge < -0.3 is 16.4 Å². The number of amides is 1. The molecule has 4 nitrogen and oxygen atoms in total. The standard InChI is InChI=1S/C14H20ClN3OS/c1-8(2)7-17-14(19)9(3)18-12-5-4-10(15)6-11(12)13(16)20/h4-6,8-9,18H,7H2,1-3H3,(H2,16,20)(H,17,19). The lowest BCUT2D eigenvalue weighted by molar-refractivity contribution is -0.121. The Morgan fingerprint density at radius 2 is 2.05 bits per heavy atom. The van der Waals surface area contributed by atoms with Crippen molar-refractivity contribution in [2.75, 3.05) is 11.9 Å². The number of rotatable bonds is 6. The predicted octanol–water partition coefficient (Wildman–Crippen LogP) is 2.55. The van der Waals surface area contributed by atoms with Crippen LogP contribution in [0.25, 0.3) is 0 Å². The minimum Gasteiger partial charge on any atom is -0.389 e. The van der Waals surface area contributed by atoms with Crippen molar-refractivity contribution in [1.29, 1.82) is 0 Å². The van der Waals surface area contributed by atoms with Crippen LogP contribution in [0.4, 0.5) is 5.69 Å². The summed E-state index contributed by atoms with van der Waals surface area (Å²) in [7, 11) is 0. The molecule has 110 valence electrons. The van der Waals surface area contributed by atoms with Crippen molar-refractivity contribution in [3.63, 3.8) is 0 Å². The fraction of sp³-hybridized carbons (Fsp3) is 0.429. The van der Waals surface area contributed by atoms with Crippen molar-refractivity contribution in [1.82, 2.24) is 5.32 Å². The van der Waals surface area contributed by atoms with Gasteiger partial charge in [0.15, 0.2) is 0 Å². The van der Waals surface area contributed by atoms with E-state index in [4.69, 9.17) is 29.6 Å². The highest BCUT2D eigenvalue weighted by atomic mass is 35.5. The van der Waals surface area contributed by atoms with Crippen molar-refractivity contribution >= 4 is 40.4 Å². The van der Waals surface area contributed by atoms with E-state index in [1.807, 2.05) is 13.8 Å². The molecule has 0 saturated heterocycles. The zero-order chi connectivity index (χ0) is 15.3. The number of carbonyl (C=O) groups excluding carboxylic acids is 1. The first-order valence-electron chi connectivity index (χ1n) is 6.45. The predicted molar refractivity (Wildman–Crippen MR) is 88.3 cm³/mol. The fourth-order valence-corrected chi connectivity index (χ4v) is 1.94. The molecule has 0 saturated carbocycles. The Kier molecular flexibility index (Phi) is 6.23. The average Bonchev–Trinajstić information content (AvgIpc) is 2.37. The zero-order valence-corrected chi connectivity index (χ0v) is 13.4. The third-order valence-corrected chi connectivity index (χ3v) is 3.15. The van der Waals surface area contributed by atoms with Crippen LogP contribution in [0.15, 0.2) is 18.2 Å². The zero-order valence-electron chi connectivity index (χ0n) is 11.9.